The maximum Gasteiger partial charge on any atom is 0.264 e. The average molecular weight is 535 g/mol. The molecule has 2 aliphatic heterocycles. The normalized spacial score (nSPS) is 28.2. The number of rotatable bonds is 5. The maximum absolute atomic E-state index is 14.9. The summed E-state index contributed by atoms with van der Waals surface area (Å²) in [6.45, 7) is 0.102. The molecule has 2 aromatic carbocycles. The summed E-state index contributed by atoms with van der Waals surface area (Å²) in [6, 6.07) is 13.5. The average Bonchev–Trinajstić information content (AvgIpc) is 3.66. The fourth-order valence-corrected chi connectivity index (χ4v) is 7.01. The van der Waals surface area contributed by atoms with Gasteiger partial charge in [0.15, 0.2) is 5.60 Å². The van der Waals surface area contributed by atoms with Crippen molar-refractivity contribution in [3.8, 4) is 17.2 Å². The molecule has 39 heavy (non-hydrogen) atoms. The zero-order valence-corrected chi connectivity index (χ0v) is 21.1. The second-order valence-corrected chi connectivity index (χ2v) is 11.0. The largest absolute Gasteiger partial charge is 0.372 e. The van der Waals surface area contributed by atoms with Gasteiger partial charge >= 0.3 is 0 Å². The second-order valence-electron chi connectivity index (χ2n) is 11.0. The maximum atomic E-state index is 14.9. The van der Waals surface area contributed by atoms with Crippen LogP contribution in [0.3, 0.4) is 0 Å². The van der Waals surface area contributed by atoms with Gasteiger partial charge in [0, 0.05) is 42.5 Å². The van der Waals surface area contributed by atoms with Gasteiger partial charge in [-0.05, 0) is 36.3 Å². The number of hydrogen-bond donors (Lipinski definition) is 3. The summed E-state index contributed by atoms with van der Waals surface area (Å²) in [5.74, 6) is -7.33. The molecule has 0 unspecified atom stereocenters. The molecular formula is C29H28F2N4O4. The van der Waals surface area contributed by atoms with Gasteiger partial charge in [-0.15, -0.1) is 0 Å². The van der Waals surface area contributed by atoms with Gasteiger partial charge in [-0.25, -0.2) is 8.78 Å². The van der Waals surface area contributed by atoms with E-state index < -0.39 is 59.6 Å². The first-order chi connectivity index (χ1) is 18.7. The first-order valence-corrected chi connectivity index (χ1v) is 13.2. The van der Waals surface area contributed by atoms with E-state index in [2.05, 4.69) is 10.6 Å². The van der Waals surface area contributed by atoms with Gasteiger partial charge in [0.2, 0.25) is 11.8 Å². The van der Waals surface area contributed by atoms with Crippen molar-refractivity contribution in [2.24, 2.45) is 17.8 Å². The third kappa shape index (κ3) is 3.82. The number of carbonyl (C=O) groups excluding carboxylic acids is 3. The number of nitrogens with one attached hydrogen (secondary N) is 2. The van der Waals surface area contributed by atoms with Gasteiger partial charge in [0.1, 0.15) is 12.1 Å². The van der Waals surface area contributed by atoms with Gasteiger partial charge in [-0.2, -0.15) is 5.26 Å². The Morgan fingerprint density at radius 1 is 1.13 bits per heavy atom. The number of carbonyl (C=O) groups is 3. The predicted octanol–water partition coefficient (Wildman–Crippen LogP) is 2.31. The summed E-state index contributed by atoms with van der Waals surface area (Å²) in [7, 11) is 0. The van der Waals surface area contributed by atoms with E-state index in [0.717, 1.165) is 4.90 Å². The van der Waals surface area contributed by atoms with Crippen LogP contribution in [-0.2, 0) is 20.0 Å². The number of hydrogen-bond acceptors (Lipinski definition) is 5. The van der Waals surface area contributed by atoms with Gasteiger partial charge in [0.25, 0.3) is 11.8 Å². The number of likely N-dealkylation sites (tertiary alicyclic amines) is 1. The van der Waals surface area contributed by atoms with Crippen LogP contribution in [0.5, 0.6) is 0 Å². The molecule has 1 saturated carbocycles. The quantitative estimate of drug-likeness (QED) is 0.544. The highest BCUT2D eigenvalue weighted by Gasteiger charge is 2.63. The van der Waals surface area contributed by atoms with E-state index >= 15 is 0 Å². The van der Waals surface area contributed by atoms with Crippen molar-refractivity contribution in [1.29, 1.82) is 5.26 Å². The third-order valence-electron chi connectivity index (χ3n) is 8.92. The molecular weight excluding hydrogens is 506 g/mol. The number of nitriles is 1. The minimum absolute atomic E-state index is 0.0351. The van der Waals surface area contributed by atoms with E-state index in [1.54, 1.807) is 48.5 Å². The third-order valence-corrected chi connectivity index (χ3v) is 8.92. The summed E-state index contributed by atoms with van der Waals surface area (Å²) in [5.41, 5.74) is -0.165. The van der Waals surface area contributed by atoms with E-state index in [1.807, 2.05) is 6.07 Å². The van der Waals surface area contributed by atoms with Crippen LogP contribution in [-0.4, -0.2) is 58.8 Å². The Kier molecular flexibility index (Phi) is 5.95. The first-order valence-electron chi connectivity index (χ1n) is 13.2. The molecule has 0 bridgehead atoms. The van der Waals surface area contributed by atoms with Crippen LogP contribution in [0.2, 0.25) is 0 Å². The first kappa shape index (κ1) is 25.4. The Hall–Kier alpha value is -3.84. The molecule has 202 valence electrons. The van der Waals surface area contributed by atoms with Crippen molar-refractivity contribution >= 4 is 17.7 Å². The Labute approximate surface area is 224 Å². The van der Waals surface area contributed by atoms with Crippen LogP contribution in [0, 0.1) is 29.1 Å². The molecule has 6 rings (SSSR count). The van der Waals surface area contributed by atoms with Crippen molar-refractivity contribution in [2.45, 2.75) is 49.3 Å². The van der Waals surface area contributed by atoms with Gasteiger partial charge < -0.3 is 20.6 Å². The summed E-state index contributed by atoms with van der Waals surface area (Å²) >= 11 is 0. The van der Waals surface area contributed by atoms with Crippen LogP contribution in [0.15, 0.2) is 48.5 Å². The molecule has 0 aromatic heterocycles. The highest BCUT2D eigenvalue weighted by atomic mass is 19.3. The van der Waals surface area contributed by atoms with Crippen LogP contribution in [0.1, 0.15) is 36.8 Å². The van der Waals surface area contributed by atoms with Crippen molar-refractivity contribution < 1.29 is 28.3 Å². The highest BCUT2D eigenvalue weighted by molar-refractivity contribution is 6.01. The number of fused-ring (bicyclic) bond motifs is 4. The molecule has 0 radical (unpaired) electrons. The summed E-state index contributed by atoms with van der Waals surface area (Å²) in [5, 5.41) is 27.1. The second kappa shape index (κ2) is 9.12. The molecule has 2 saturated heterocycles. The molecule has 3 N–H and O–H groups in total. The summed E-state index contributed by atoms with van der Waals surface area (Å²) in [6.07, 6.45) is 0.259. The fraction of sp³-hybridized carbons (Fsp3) is 0.448. The molecule has 5 atom stereocenters. The van der Waals surface area contributed by atoms with Gasteiger partial charge in [-0.3, -0.25) is 14.4 Å². The van der Waals surface area contributed by atoms with Gasteiger partial charge in [0.05, 0.1) is 6.07 Å². The molecule has 3 fully saturated rings. The number of nitrogens with zero attached hydrogens (tertiary/aromatic N) is 2. The highest BCUT2D eigenvalue weighted by Crippen LogP contribution is 2.54. The molecule has 10 heteroatoms. The monoisotopic (exact) mass is 534 g/mol. The van der Waals surface area contributed by atoms with Crippen LogP contribution >= 0.6 is 0 Å². The summed E-state index contributed by atoms with van der Waals surface area (Å²) < 4.78 is 29.9. The number of halogens is 2. The van der Waals surface area contributed by atoms with E-state index in [4.69, 9.17) is 0 Å². The minimum Gasteiger partial charge on any atom is -0.372 e. The van der Waals surface area contributed by atoms with Crippen molar-refractivity contribution in [1.82, 2.24) is 15.5 Å². The predicted molar refractivity (Wildman–Crippen MR) is 135 cm³/mol. The fourth-order valence-electron chi connectivity index (χ4n) is 7.01. The Morgan fingerprint density at radius 3 is 2.36 bits per heavy atom. The van der Waals surface area contributed by atoms with Gasteiger partial charge in [-0.1, -0.05) is 48.5 Å². The Balaban J connectivity index is 1.35. The number of amides is 3. The van der Waals surface area contributed by atoms with Crippen molar-refractivity contribution in [3.05, 3.63) is 59.7 Å². The number of benzene rings is 2. The lowest BCUT2D eigenvalue weighted by Crippen LogP contribution is -2.55. The molecule has 4 aliphatic rings. The van der Waals surface area contributed by atoms with Crippen molar-refractivity contribution in [2.75, 3.05) is 13.1 Å². The topological polar surface area (TPSA) is 123 Å². The smallest absolute Gasteiger partial charge is 0.264 e. The minimum atomic E-state index is -3.07. The molecule has 2 aliphatic carbocycles. The Bertz CT molecular complexity index is 1360. The molecule has 2 heterocycles. The zero-order chi connectivity index (χ0) is 27.5. The lowest BCUT2D eigenvalue weighted by molar-refractivity contribution is -0.153. The molecule has 3 amide bonds. The molecule has 0 spiro atoms. The van der Waals surface area contributed by atoms with Crippen LogP contribution in [0.25, 0.3) is 11.1 Å². The van der Waals surface area contributed by atoms with E-state index in [0.29, 0.717) is 35.2 Å². The number of aliphatic hydroxyl groups is 1. The lowest BCUT2D eigenvalue weighted by atomic mass is 9.88. The zero-order valence-electron chi connectivity index (χ0n) is 21.1. The van der Waals surface area contributed by atoms with E-state index in [1.165, 1.54) is 0 Å². The Morgan fingerprint density at radius 2 is 1.77 bits per heavy atom. The molecule has 2 aromatic rings. The van der Waals surface area contributed by atoms with E-state index in [-0.39, 0.29) is 25.3 Å². The van der Waals surface area contributed by atoms with E-state index in [9.17, 15) is 33.5 Å². The lowest BCUT2D eigenvalue weighted by Gasteiger charge is -2.34. The summed E-state index contributed by atoms with van der Waals surface area (Å²) in [4.78, 5) is 41.0. The standard InChI is InChI=1S/C29H28F2N4O4/c30-28(31)11-9-20-23(28)15-35(24(20)26(37)34-17(14-32)13-16-10-12-33-25(16)36)27(38)29(39)21-7-3-1-5-18(21)19-6-2-4-8-22(19)29/h1-8,16-17,20,23-24,39H,9-13,15H2,(H,33,36)(H,34,37)/t16-,17+,20+,23+,24-/m0/s1. The molecule has 8 nitrogen and oxygen atoms in total. The van der Waals surface area contributed by atoms with Crippen molar-refractivity contribution in [3.63, 3.8) is 0 Å². The van der Waals surface area contributed by atoms with Crippen LogP contribution < -0.4 is 10.6 Å². The van der Waals surface area contributed by atoms with Crippen LogP contribution in [0.4, 0.5) is 8.78 Å². The number of alkyl halides is 2. The SMILES string of the molecule is N#C[C@@H](C[C@@H]1CCNC1=O)NC(=O)[C@@H]1[C@@H]2CCC(F)(F)[C@@H]2CN1C(=O)C1(O)c2ccccc2-c2ccccc21.